The zero-order chi connectivity index (χ0) is 9.14. The second-order valence-corrected chi connectivity index (χ2v) is 3.32. The van der Waals surface area contributed by atoms with Crippen LogP contribution in [-0.4, -0.2) is 40.4 Å². The molecule has 0 spiro atoms. The molecule has 4 nitrogen and oxygen atoms in total. The summed E-state index contributed by atoms with van der Waals surface area (Å²) in [6, 6.07) is 0. The van der Waals surface area contributed by atoms with Gasteiger partial charge in [0.15, 0.2) is 0 Å². The first-order valence-electron chi connectivity index (χ1n) is 4.10. The van der Waals surface area contributed by atoms with E-state index in [-0.39, 0.29) is 43.7 Å². The highest BCUT2D eigenvalue weighted by molar-refractivity contribution is 5.80. The van der Waals surface area contributed by atoms with Crippen LogP contribution in [0.25, 0.3) is 0 Å². The molecule has 1 saturated carbocycles. The summed E-state index contributed by atoms with van der Waals surface area (Å²) < 4.78 is 0. The molecule has 1 aliphatic carbocycles. The molecule has 0 heterocycles. The molecule has 0 amide bonds. The minimum Gasteiger partial charge on any atom is -0.396 e. The van der Waals surface area contributed by atoms with Crippen molar-refractivity contribution in [3.8, 4) is 0 Å². The van der Waals surface area contributed by atoms with E-state index in [0.717, 1.165) is 0 Å². The standard InChI is InChI=1S/C8H14O4/c9-3-5-1-7(11)2-6(4-10)8(5)12/h5-6,8-10,12H,1-4H2. The van der Waals surface area contributed by atoms with Gasteiger partial charge in [0.05, 0.1) is 6.10 Å². The van der Waals surface area contributed by atoms with Crippen molar-refractivity contribution in [3.05, 3.63) is 0 Å². The first-order chi connectivity index (χ1) is 5.69. The summed E-state index contributed by atoms with van der Waals surface area (Å²) in [4.78, 5) is 11.0. The van der Waals surface area contributed by atoms with Crippen molar-refractivity contribution < 1.29 is 20.1 Å². The summed E-state index contributed by atoms with van der Waals surface area (Å²) in [6.45, 7) is -0.382. The van der Waals surface area contributed by atoms with Gasteiger partial charge in [-0.1, -0.05) is 0 Å². The van der Waals surface area contributed by atoms with Crippen molar-refractivity contribution >= 4 is 5.78 Å². The second-order valence-electron chi connectivity index (χ2n) is 3.32. The van der Waals surface area contributed by atoms with Gasteiger partial charge >= 0.3 is 0 Å². The molecule has 0 aromatic carbocycles. The summed E-state index contributed by atoms with van der Waals surface area (Å²) in [5.41, 5.74) is 0. The zero-order valence-corrected chi connectivity index (χ0v) is 6.81. The molecule has 0 radical (unpaired) electrons. The van der Waals surface area contributed by atoms with E-state index in [4.69, 9.17) is 10.2 Å². The number of ketones is 1. The molecule has 12 heavy (non-hydrogen) atoms. The van der Waals surface area contributed by atoms with Gasteiger partial charge in [0.2, 0.25) is 0 Å². The number of hydrogen-bond donors (Lipinski definition) is 3. The van der Waals surface area contributed by atoms with E-state index >= 15 is 0 Å². The van der Waals surface area contributed by atoms with Gasteiger partial charge in [-0.2, -0.15) is 0 Å². The van der Waals surface area contributed by atoms with E-state index in [1.807, 2.05) is 0 Å². The lowest BCUT2D eigenvalue weighted by atomic mass is 9.79. The SMILES string of the molecule is O=C1CC(CO)C(O)C(CO)C1. The summed E-state index contributed by atoms with van der Waals surface area (Å²) >= 11 is 0. The fourth-order valence-corrected chi connectivity index (χ4v) is 1.64. The van der Waals surface area contributed by atoms with Crippen LogP contribution < -0.4 is 0 Å². The van der Waals surface area contributed by atoms with Crippen LogP contribution in [-0.2, 0) is 4.79 Å². The van der Waals surface area contributed by atoms with E-state index < -0.39 is 6.10 Å². The average Bonchev–Trinajstić information content (AvgIpc) is 2.08. The minimum absolute atomic E-state index is 0.0124. The molecule has 1 fully saturated rings. The molecule has 70 valence electrons. The molecule has 0 aromatic rings. The van der Waals surface area contributed by atoms with Crippen molar-refractivity contribution in [3.63, 3.8) is 0 Å². The van der Waals surface area contributed by atoms with Gasteiger partial charge in [0.1, 0.15) is 5.78 Å². The Hall–Kier alpha value is -0.450. The lowest BCUT2D eigenvalue weighted by Gasteiger charge is -2.31. The van der Waals surface area contributed by atoms with E-state index in [2.05, 4.69) is 0 Å². The Morgan fingerprint density at radius 3 is 1.92 bits per heavy atom. The minimum atomic E-state index is -0.738. The van der Waals surface area contributed by atoms with Crippen molar-refractivity contribution in [2.45, 2.75) is 18.9 Å². The fourth-order valence-electron chi connectivity index (χ4n) is 1.64. The van der Waals surface area contributed by atoms with E-state index in [0.29, 0.717) is 0 Å². The Morgan fingerprint density at radius 1 is 1.17 bits per heavy atom. The molecule has 0 aliphatic heterocycles. The molecule has 4 heteroatoms. The quantitative estimate of drug-likeness (QED) is 0.498. The third kappa shape index (κ3) is 1.83. The lowest BCUT2D eigenvalue weighted by molar-refractivity contribution is -0.130. The molecule has 0 saturated heterocycles. The van der Waals surface area contributed by atoms with Gasteiger partial charge < -0.3 is 15.3 Å². The molecule has 0 bridgehead atoms. The Kier molecular flexibility index (Phi) is 3.20. The number of carbonyl (C=O) groups is 1. The topological polar surface area (TPSA) is 77.8 Å². The highest BCUT2D eigenvalue weighted by Crippen LogP contribution is 2.26. The van der Waals surface area contributed by atoms with Crippen LogP contribution in [0, 0.1) is 11.8 Å². The van der Waals surface area contributed by atoms with Crippen LogP contribution in [0.2, 0.25) is 0 Å². The number of aliphatic hydroxyl groups is 3. The molecular weight excluding hydrogens is 160 g/mol. The summed E-state index contributed by atoms with van der Waals surface area (Å²) in [6.07, 6.45) is -0.278. The predicted molar refractivity (Wildman–Crippen MR) is 41.4 cm³/mol. The van der Waals surface area contributed by atoms with Gasteiger partial charge in [-0.05, 0) is 0 Å². The Balaban J connectivity index is 2.61. The summed E-state index contributed by atoms with van der Waals surface area (Å²) in [7, 11) is 0. The number of Topliss-reactive ketones (excluding diaryl/α,β-unsaturated/α-hetero) is 1. The molecule has 2 atom stereocenters. The maximum absolute atomic E-state index is 11.0. The van der Waals surface area contributed by atoms with Crippen LogP contribution in [0.15, 0.2) is 0 Å². The van der Waals surface area contributed by atoms with Gasteiger partial charge in [0, 0.05) is 37.9 Å². The Morgan fingerprint density at radius 2 is 1.58 bits per heavy atom. The van der Waals surface area contributed by atoms with Gasteiger partial charge in [-0.3, -0.25) is 4.79 Å². The first kappa shape index (κ1) is 9.64. The summed E-state index contributed by atoms with van der Waals surface area (Å²) in [5.74, 6) is -0.759. The van der Waals surface area contributed by atoms with E-state index in [1.165, 1.54) is 0 Å². The van der Waals surface area contributed by atoms with Crippen LogP contribution in [0.3, 0.4) is 0 Å². The van der Waals surface area contributed by atoms with Crippen LogP contribution in [0.5, 0.6) is 0 Å². The predicted octanol–water partition coefficient (Wildman–Crippen LogP) is -1.07. The Labute approximate surface area is 70.8 Å². The van der Waals surface area contributed by atoms with E-state index in [9.17, 15) is 9.90 Å². The van der Waals surface area contributed by atoms with Crippen molar-refractivity contribution in [1.82, 2.24) is 0 Å². The normalized spacial score (nSPS) is 36.9. The lowest BCUT2D eigenvalue weighted by Crippen LogP contribution is -2.40. The second kappa shape index (κ2) is 3.98. The number of carbonyl (C=O) groups excluding carboxylic acids is 1. The smallest absolute Gasteiger partial charge is 0.133 e. The molecule has 1 rings (SSSR count). The first-order valence-corrected chi connectivity index (χ1v) is 4.10. The monoisotopic (exact) mass is 174 g/mol. The molecule has 3 N–H and O–H groups in total. The van der Waals surface area contributed by atoms with Crippen molar-refractivity contribution in [1.29, 1.82) is 0 Å². The number of aliphatic hydroxyl groups excluding tert-OH is 3. The molecule has 2 unspecified atom stereocenters. The van der Waals surface area contributed by atoms with Crippen molar-refractivity contribution in [2.24, 2.45) is 11.8 Å². The summed E-state index contributed by atoms with van der Waals surface area (Å²) in [5, 5.41) is 27.1. The number of hydrogen-bond acceptors (Lipinski definition) is 4. The average molecular weight is 174 g/mol. The maximum atomic E-state index is 11.0. The van der Waals surface area contributed by atoms with Crippen LogP contribution in [0.4, 0.5) is 0 Å². The Bertz CT molecular complexity index is 152. The van der Waals surface area contributed by atoms with Crippen LogP contribution >= 0.6 is 0 Å². The van der Waals surface area contributed by atoms with E-state index in [1.54, 1.807) is 0 Å². The highest BCUT2D eigenvalue weighted by Gasteiger charge is 2.34. The third-order valence-electron chi connectivity index (χ3n) is 2.41. The molecular formula is C8H14O4. The molecule has 1 aliphatic rings. The third-order valence-corrected chi connectivity index (χ3v) is 2.41. The number of rotatable bonds is 2. The van der Waals surface area contributed by atoms with Gasteiger partial charge in [-0.15, -0.1) is 0 Å². The van der Waals surface area contributed by atoms with Crippen LogP contribution in [0.1, 0.15) is 12.8 Å². The highest BCUT2D eigenvalue weighted by atomic mass is 16.3. The maximum Gasteiger partial charge on any atom is 0.133 e. The fraction of sp³-hybridized carbons (Fsp3) is 0.875. The van der Waals surface area contributed by atoms with Gasteiger partial charge in [0.25, 0.3) is 0 Å². The zero-order valence-electron chi connectivity index (χ0n) is 6.81. The van der Waals surface area contributed by atoms with Gasteiger partial charge in [-0.25, -0.2) is 0 Å². The largest absolute Gasteiger partial charge is 0.396 e. The molecule has 0 aromatic heterocycles. The van der Waals surface area contributed by atoms with Crippen molar-refractivity contribution in [2.75, 3.05) is 13.2 Å².